The summed E-state index contributed by atoms with van der Waals surface area (Å²) in [6, 6.07) is 0. The zero-order valence-corrected chi connectivity index (χ0v) is 43.9. The smallest absolute Gasteiger partial charge is 0.303 e. The quantitative estimate of drug-likeness (QED) is 0.0247. The molecule has 406 valence electrons. The maximum Gasteiger partial charge on any atom is 0.303 e. The Bertz CT molecular complexity index is 1040. The highest BCUT2D eigenvalue weighted by atomic mass is 32.3. The van der Waals surface area contributed by atoms with E-state index < -0.39 is 46.1 Å². The number of likely N-dealkylation sites (N-methyl/N-ethyl adjacent to an activating group) is 3. The Labute approximate surface area is 407 Å². The Morgan fingerprint density at radius 3 is 0.806 bits per heavy atom. The second kappa shape index (κ2) is 65.6. The Kier molecular flexibility index (Phi) is 74.4. The van der Waals surface area contributed by atoms with Gasteiger partial charge in [-0.15, -0.1) is 0 Å². The molecule has 0 aliphatic carbocycles. The SMILES string of the molecule is CCCCCCCCCCCCCCC(CCC(=O)O)C(=O)[O-].CCCCCCCCCCCCCCC(CCC(=O)O)C(=O)[O-].COS(=O)(=O)[O-].C[NH2+]CCO.C[NH2+]CCO.C[NH2+]CCO. The maximum absolute atomic E-state index is 10.9. The van der Waals surface area contributed by atoms with E-state index in [4.69, 9.17) is 25.5 Å². The van der Waals surface area contributed by atoms with Gasteiger partial charge in [-0.25, -0.2) is 8.42 Å². The summed E-state index contributed by atoms with van der Waals surface area (Å²) < 4.78 is 31.0. The summed E-state index contributed by atoms with van der Waals surface area (Å²) in [5.41, 5.74) is 0. The third-order valence-corrected chi connectivity index (χ3v) is 10.8. The van der Waals surface area contributed by atoms with E-state index in [1.165, 1.54) is 116 Å². The van der Waals surface area contributed by atoms with Crippen molar-refractivity contribution in [3.63, 3.8) is 0 Å². The standard InChI is InChI=1S/2C19H36O4.3C3H9NO.CH4O4S/c2*1-2-3-4-5-6-7-8-9-10-11-12-13-14-17(19(22)23)15-16-18(20)21;3*1-4-2-3-5;1-5-6(2,3)4/h2*17H,2-16H2,1H3,(H,20,21)(H,22,23);3*4-5H,2-3H2,1H3;1H3,(H,2,3,4). The zero-order valence-electron chi connectivity index (χ0n) is 43.1. The van der Waals surface area contributed by atoms with Crippen LogP contribution in [0.4, 0.5) is 0 Å². The van der Waals surface area contributed by atoms with Gasteiger partial charge < -0.3 is 65.8 Å². The minimum absolute atomic E-state index is 0.0864. The van der Waals surface area contributed by atoms with E-state index in [1.807, 2.05) is 37.1 Å². The number of hydrogen-bond acceptors (Lipinski definition) is 13. The highest BCUT2D eigenvalue weighted by molar-refractivity contribution is 7.80. The highest BCUT2D eigenvalue weighted by Gasteiger charge is 2.13. The zero-order chi connectivity index (χ0) is 52.2. The van der Waals surface area contributed by atoms with Gasteiger partial charge >= 0.3 is 11.9 Å². The summed E-state index contributed by atoms with van der Waals surface area (Å²) in [5.74, 6) is -5.29. The molecule has 0 heterocycles. The van der Waals surface area contributed by atoms with Gasteiger partial charge in [-0.3, -0.25) is 13.8 Å². The van der Waals surface area contributed by atoms with E-state index in [0.717, 1.165) is 65.3 Å². The van der Waals surface area contributed by atoms with Crippen molar-refractivity contribution in [2.45, 2.75) is 206 Å². The van der Waals surface area contributed by atoms with Crippen LogP contribution in [-0.2, 0) is 33.8 Å². The lowest BCUT2D eigenvalue weighted by atomic mass is 9.95. The third kappa shape index (κ3) is 87.1. The van der Waals surface area contributed by atoms with Crippen molar-refractivity contribution in [1.82, 2.24) is 0 Å². The molecule has 0 aromatic heterocycles. The third-order valence-electron chi connectivity index (χ3n) is 10.3. The summed E-state index contributed by atoms with van der Waals surface area (Å²) in [4.78, 5) is 42.9. The van der Waals surface area contributed by atoms with Crippen LogP contribution >= 0.6 is 0 Å². The molecule has 67 heavy (non-hydrogen) atoms. The minimum Gasteiger partial charge on any atom is -0.726 e. The molecular formula is C48H103N3O15S. The first-order valence-electron chi connectivity index (χ1n) is 25.5. The molecule has 0 amide bonds. The van der Waals surface area contributed by atoms with Crippen molar-refractivity contribution in [2.75, 3.05) is 67.7 Å². The molecule has 11 N–H and O–H groups in total. The van der Waals surface area contributed by atoms with Crippen molar-refractivity contribution in [1.29, 1.82) is 0 Å². The fraction of sp³-hybridized carbons (Fsp3) is 0.917. The van der Waals surface area contributed by atoms with Gasteiger partial charge in [0.05, 0.1) is 67.7 Å². The summed E-state index contributed by atoms with van der Waals surface area (Å²) in [5, 5.41) is 69.0. The van der Waals surface area contributed by atoms with Crippen LogP contribution in [0.25, 0.3) is 0 Å². The summed E-state index contributed by atoms with van der Waals surface area (Å²) >= 11 is 0. The average Bonchev–Trinajstić information content (AvgIpc) is 3.27. The van der Waals surface area contributed by atoms with Crippen LogP contribution in [0.2, 0.25) is 0 Å². The lowest BCUT2D eigenvalue weighted by molar-refractivity contribution is -0.628. The van der Waals surface area contributed by atoms with Crippen LogP contribution in [0, 0.1) is 11.8 Å². The molecule has 0 aromatic rings. The molecule has 0 aromatic carbocycles. The van der Waals surface area contributed by atoms with Crippen LogP contribution in [0.5, 0.6) is 0 Å². The Balaban J connectivity index is -0.000000195. The Morgan fingerprint density at radius 1 is 0.463 bits per heavy atom. The van der Waals surface area contributed by atoms with Gasteiger partial charge in [0.15, 0.2) is 0 Å². The van der Waals surface area contributed by atoms with Crippen molar-refractivity contribution < 1.29 is 88.0 Å². The molecule has 0 spiro atoms. The van der Waals surface area contributed by atoms with E-state index >= 15 is 0 Å². The van der Waals surface area contributed by atoms with Crippen LogP contribution in [0.1, 0.15) is 206 Å². The minimum atomic E-state index is -4.41. The molecule has 0 saturated carbocycles. The lowest BCUT2D eigenvalue weighted by Crippen LogP contribution is -2.80. The first-order valence-corrected chi connectivity index (χ1v) is 26.8. The second-order valence-electron chi connectivity index (χ2n) is 16.6. The number of aliphatic hydroxyl groups excluding tert-OH is 3. The van der Waals surface area contributed by atoms with Crippen molar-refractivity contribution in [2.24, 2.45) is 11.8 Å². The van der Waals surface area contributed by atoms with Gasteiger partial charge in [-0.05, 0) is 37.5 Å². The summed E-state index contributed by atoms with van der Waals surface area (Å²) in [6.07, 6.45) is 31.2. The first-order chi connectivity index (χ1) is 32.0. The van der Waals surface area contributed by atoms with Crippen molar-refractivity contribution in [3.05, 3.63) is 0 Å². The Morgan fingerprint density at radius 2 is 0.672 bits per heavy atom. The summed E-state index contributed by atoms with van der Waals surface area (Å²) in [6.45, 7) is 7.80. The fourth-order valence-corrected chi connectivity index (χ4v) is 6.21. The normalized spacial score (nSPS) is 11.3. The van der Waals surface area contributed by atoms with Gasteiger partial charge in [0.1, 0.15) is 0 Å². The molecule has 18 nitrogen and oxygen atoms in total. The predicted molar refractivity (Wildman–Crippen MR) is 258 cm³/mol. The average molecular weight is 994 g/mol. The number of carbonyl (C=O) groups excluding carboxylic acids is 2. The largest absolute Gasteiger partial charge is 0.726 e. The first kappa shape index (κ1) is 76.0. The van der Waals surface area contributed by atoms with Crippen LogP contribution in [0.15, 0.2) is 0 Å². The number of unbranched alkanes of at least 4 members (excludes halogenated alkanes) is 22. The molecule has 2 unspecified atom stereocenters. The number of carboxylic acids is 4. The van der Waals surface area contributed by atoms with Crippen molar-refractivity contribution in [3.8, 4) is 0 Å². The number of quaternary nitrogens is 3. The van der Waals surface area contributed by atoms with Gasteiger partial charge in [-0.1, -0.05) is 168 Å². The fourth-order valence-electron chi connectivity index (χ4n) is 6.21. The number of carboxylic acid groups (broad SMARTS) is 4. The lowest BCUT2D eigenvalue weighted by Gasteiger charge is -2.16. The van der Waals surface area contributed by atoms with Gasteiger partial charge in [-0.2, -0.15) is 0 Å². The summed E-state index contributed by atoms with van der Waals surface area (Å²) in [7, 11) is 2.18. The second-order valence-corrected chi connectivity index (χ2v) is 17.7. The number of aliphatic carboxylic acids is 4. The molecule has 2 atom stereocenters. The van der Waals surface area contributed by atoms with Gasteiger partial charge in [0.25, 0.3) is 0 Å². The molecule has 0 aliphatic heterocycles. The number of aliphatic hydroxyl groups is 3. The monoisotopic (exact) mass is 994 g/mol. The van der Waals surface area contributed by atoms with Crippen molar-refractivity contribution >= 4 is 34.3 Å². The Hall–Kier alpha value is -2.49. The van der Waals surface area contributed by atoms with Gasteiger partial charge in [0.2, 0.25) is 10.4 Å². The number of hydrogen-bond donors (Lipinski definition) is 8. The molecule has 0 saturated heterocycles. The molecule has 19 heteroatoms. The van der Waals surface area contributed by atoms with Crippen LogP contribution in [0.3, 0.4) is 0 Å². The molecule has 0 fully saturated rings. The van der Waals surface area contributed by atoms with Gasteiger partial charge in [0, 0.05) is 24.8 Å². The van der Waals surface area contributed by atoms with E-state index in [0.29, 0.717) is 12.8 Å². The maximum atomic E-state index is 10.9. The van der Waals surface area contributed by atoms with E-state index in [2.05, 4.69) is 18.0 Å². The van der Waals surface area contributed by atoms with E-state index in [-0.39, 0.29) is 45.5 Å². The molecule has 0 bridgehead atoms. The van der Waals surface area contributed by atoms with E-state index in [1.54, 1.807) is 0 Å². The number of nitrogens with two attached hydrogens (primary N) is 3. The number of rotatable bonds is 41. The molecule has 0 radical (unpaired) electrons. The topological polar surface area (TPSA) is 332 Å². The van der Waals surface area contributed by atoms with Crippen LogP contribution in [-0.4, -0.2) is 130 Å². The van der Waals surface area contributed by atoms with Crippen LogP contribution < -0.4 is 26.2 Å². The number of carbonyl (C=O) groups is 4. The molecule has 0 rings (SSSR count). The predicted octanol–water partition coefficient (Wildman–Crippen LogP) is 2.23. The molecule has 0 aliphatic rings. The highest BCUT2D eigenvalue weighted by Crippen LogP contribution is 2.19. The molecular weight excluding hydrogens is 891 g/mol. The van der Waals surface area contributed by atoms with E-state index in [9.17, 15) is 42.4 Å².